The van der Waals surface area contributed by atoms with E-state index in [4.69, 9.17) is 23.2 Å². The summed E-state index contributed by atoms with van der Waals surface area (Å²) in [6, 6.07) is 19.1. The van der Waals surface area contributed by atoms with Gasteiger partial charge in [-0.25, -0.2) is 8.42 Å². The summed E-state index contributed by atoms with van der Waals surface area (Å²) in [6.07, 6.45) is 0. The van der Waals surface area contributed by atoms with Crippen molar-refractivity contribution < 1.29 is 18.0 Å². The average Bonchev–Trinajstić information content (AvgIpc) is 2.94. The van der Waals surface area contributed by atoms with Gasteiger partial charge in [0.25, 0.3) is 10.0 Å². The molecule has 2 amide bonds. The van der Waals surface area contributed by atoms with Crippen molar-refractivity contribution in [2.24, 2.45) is 5.92 Å². The number of hydrogen-bond donors (Lipinski definition) is 1. The van der Waals surface area contributed by atoms with Gasteiger partial charge in [-0.15, -0.1) is 0 Å². The number of amides is 2. The van der Waals surface area contributed by atoms with E-state index in [0.717, 1.165) is 9.87 Å². The van der Waals surface area contributed by atoms with Crippen molar-refractivity contribution in [3.8, 4) is 0 Å². The molecule has 0 saturated heterocycles. The van der Waals surface area contributed by atoms with Crippen LogP contribution in [-0.2, 0) is 26.2 Å². The van der Waals surface area contributed by atoms with Gasteiger partial charge in [0.15, 0.2) is 0 Å². The second-order valence-corrected chi connectivity index (χ2v) is 13.3. The van der Waals surface area contributed by atoms with Crippen LogP contribution in [0, 0.1) is 5.92 Å². The van der Waals surface area contributed by atoms with E-state index in [0.29, 0.717) is 27.8 Å². The molecule has 3 aromatic rings. The van der Waals surface area contributed by atoms with E-state index in [-0.39, 0.29) is 29.2 Å². The zero-order valence-corrected chi connectivity index (χ0v) is 26.3. The van der Waals surface area contributed by atoms with Crippen LogP contribution in [0.25, 0.3) is 0 Å². The Hall–Kier alpha value is -3.07. The number of halogens is 2. The standard InChI is InChI=1S/C31H37Cl2N3O4S/c1-21(2)18-34-31(38)23(5)35(19-25-11-14-26(32)17-29(25)33)30(37)20-36(27-15-12-24(13-16-27)22(3)4)41(39,40)28-9-7-6-8-10-28/h6-17,21-23H,18-20H2,1-5H3,(H,34,38)/t23-/m1/s1. The molecule has 0 saturated carbocycles. The van der Waals surface area contributed by atoms with Crippen LogP contribution in [0.1, 0.15) is 51.7 Å². The summed E-state index contributed by atoms with van der Waals surface area (Å²) in [7, 11) is -4.13. The Morgan fingerprint density at radius 2 is 1.51 bits per heavy atom. The van der Waals surface area contributed by atoms with Gasteiger partial charge in [0.1, 0.15) is 12.6 Å². The number of carbonyl (C=O) groups excluding carboxylic acids is 2. The van der Waals surface area contributed by atoms with Gasteiger partial charge in [-0.2, -0.15) is 0 Å². The highest BCUT2D eigenvalue weighted by atomic mass is 35.5. The highest BCUT2D eigenvalue weighted by Gasteiger charge is 2.32. The van der Waals surface area contributed by atoms with Gasteiger partial charge < -0.3 is 10.2 Å². The average molecular weight is 619 g/mol. The molecule has 3 rings (SSSR count). The Kier molecular flexibility index (Phi) is 11.2. The highest BCUT2D eigenvalue weighted by Crippen LogP contribution is 2.27. The molecular formula is C31H37Cl2N3O4S. The number of benzene rings is 3. The van der Waals surface area contributed by atoms with Gasteiger partial charge >= 0.3 is 0 Å². The second-order valence-electron chi connectivity index (χ2n) is 10.6. The van der Waals surface area contributed by atoms with E-state index in [1.165, 1.54) is 17.0 Å². The summed E-state index contributed by atoms with van der Waals surface area (Å²) in [4.78, 5) is 28.5. The normalized spacial score (nSPS) is 12.3. The van der Waals surface area contributed by atoms with Crippen molar-refractivity contribution in [3.63, 3.8) is 0 Å². The first-order valence-electron chi connectivity index (χ1n) is 13.5. The Morgan fingerprint density at radius 3 is 2.07 bits per heavy atom. The lowest BCUT2D eigenvalue weighted by Crippen LogP contribution is -2.51. The van der Waals surface area contributed by atoms with Gasteiger partial charge in [0.05, 0.1) is 10.6 Å². The van der Waals surface area contributed by atoms with Crippen LogP contribution in [0.2, 0.25) is 10.0 Å². The summed E-state index contributed by atoms with van der Waals surface area (Å²) in [6.45, 7) is 9.54. The van der Waals surface area contributed by atoms with Crippen molar-refractivity contribution in [2.75, 3.05) is 17.4 Å². The predicted molar refractivity (Wildman–Crippen MR) is 166 cm³/mol. The van der Waals surface area contributed by atoms with Crippen LogP contribution < -0.4 is 9.62 Å². The van der Waals surface area contributed by atoms with E-state index in [1.807, 2.05) is 39.8 Å². The van der Waals surface area contributed by atoms with E-state index >= 15 is 0 Å². The van der Waals surface area contributed by atoms with Crippen molar-refractivity contribution in [2.45, 2.75) is 58.0 Å². The lowest BCUT2D eigenvalue weighted by atomic mass is 10.0. The minimum Gasteiger partial charge on any atom is -0.354 e. The smallest absolute Gasteiger partial charge is 0.264 e. The summed E-state index contributed by atoms with van der Waals surface area (Å²) in [5.41, 5.74) is 1.95. The molecule has 41 heavy (non-hydrogen) atoms. The third-order valence-electron chi connectivity index (χ3n) is 6.67. The first kappa shape index (κ1) is 32.4. The van der Waals surface area contributed by atoms with E-state index in [1.54, 1.807) is 55.5 Å². The maximum Gasteiger partial charge on any atom is 0.264 e. The van der Waals surface area contributed by atoms with Crippen LogP contribution in [0.15, 0.2) is 77.7 Å². The summed E-state index contributed by atoms with van der Waals surface area (Å²) >= 11 is 12.5. The minimum absolute atomic E-state index is 0.0172. The quantitative estimate of drug-likeness (QED) is 0.251. The Bertz CT molecular complexity index is 1450. The predicted octanol–water partition coefficient (Wildman–Crippen LogP) is 6.50. The van der Waals surface area contributed by atoms with E-state index in [2.05, 4.69) is 5.32 Å². The van der Waals surface area contributed by atoms with Crippen LogP contribution >= 0.6 is 23.2 Å². The Morgan fingerprint density at radius 1 is 0.878 bits per heavy atom. The molecule has 0 fully saturated rings. The number of nitrogens with zero attached hydrogens (tertiary/aromatic N) is 2. The van der Waals surface area contributed by atoms with Crippen molar-refractivity contribution >= 4 is 50.7 Å². The lowest BCUT2D eigenvalue weighted by Gasteiger charge is -2.32. The molecule has 10 heteroatoms. The molecule has 0 spiro atoms. The Balaban J connectivity index is 2.04. The molecule has 0 aliphatic carbocycles. The number of sulfonamides is 1. The zero-order valence-electron chi connectivity index (χ0n) is 24.0. The summed E-state index contributed by atoms with van der Waals surface area (Å²) in [5, 5.41) is 3.64. The van der Waals surface area contributed by atoms with Gasteiger partial charge in [-0.05, 0) is 66.3 Å². The SMILES string of the molecule is CC(C)CNC(=O)[C@@H](C)N(Cc1ccc(Cl)cc1Cl)C(=O)CN(c1ccc(C(C)C)cc1)S(=O)(=O)c1ccccc1. The monoisotopic (exact) mass is 617 g/mol. The van der Waals surface area contributed by atoms with Crippen LogP contribution in [0.4, 0.5) is 5.69 Å². The van der Waals surface area contributed by atoms with Gasteiger partial charge in [0.2, 0.25) is 11.8 Å². The molecule has 7 nitrogen and oxygen atoms in total. The maximum absolute atomic E-state index is 14.0. The molecule has 0 radical (unpaired) electrons. The molecule has 1 N–H and O–H groups in total. The number of carbonyl (C=O) groups is 2. The van der Waals surface area contributed by atoms with Crippen molar-refractivity contribution in [3.05, 3.63) is 94.0 Å². The third kappa shape index (κ3) is 8.47. The molecule has 3 aromatic carbocycles. The zero-order chi connectivity index (χ0) is 30.3. The number of nitrogens with one attached hydrogen (secondary N) is 1. The van der Waals surface area contributed by atoms with E-state index < -0.39 is 28.5 Å². The fourth-order valence-corrected chi connectivity index (χ4v) is 6.05. The maximum atomic E-state index is 14.0. The second kappa shape index (κ2) is 14.2. The molecule has 0 unspecified atom stereocenters. The highest BCUT2D eigenvalue weighted by molar-refractivity contribution is 7.92. The molecule has 0 aliphatic heterocycles. The van der Waals surface area contributed by atoms with Crippen molar-refractivity contribution in [1.82, 2.24) is 10.2 Å². The lowest BCUT2D eigenvalue weighted by molar-refractivity contribution is -0.139. The largest absolute Gasteiger partial charge is 0.354 e. The number of hydrogen-bond acceptors (Lipinski definition) is 4. The number of rotatable bonds is 12. The minimum atomic E-state index is -4.13. The van der Waals surface area contributed by atoms with Gasteiger partial charge in [-0.1, -0.05) is 87.3 Å². The number of anilines is 1. The van der Waals surface area contributed by atoms with Crippen molar-refractivity contribution in [1.29, 1.82) is 0 Å². The first-order chi connectivity index (χ1) is 19.3. The Labute approximate surface area is 253 Å². The molecule has 0 heterocycles. The fourth-order valence-electron chi connectivity index (χ4n) is 4.14. The van der Waals surface area contributed by atoms with E-state index in [9.17, 15) is 18.0 Å². The first-order valence-corrected chi connectivity index (χ1v) is 15.7. The fraction of sp³-hybridized carbons (Fsp3) is 0.355. The molecule has 1 atom stereocenters. The molecule has 0 aromatic heterocycles. The van der Waals surface area contributed by atoms with Crippen LogP contribution in [0.5, 0.6) is 0 Å². The van der Waals surface area contributed by atoms with Crippen LogP contribution in [-0.4, -0.2) is 44.3 Å². The molecule has 0 aliphatic rings. The van der Waals surface area contributed by atoms with Gasteiger partial charge in [-0.3, -0.25) is 13.9 Å². The van der Waals surface area contributed by atoms with Gasteiger partial charge in [0, 0.05) is 23.1 Å². The van der Waals surface area contributed by atoms with Crippen LogP contribution in [0.3, 0.4) is 0 Å². The third-order valence-corrected chi connectivity index (χ3v) is 9.04. The summed E-state index contributed by atoms with van der Waals surface area (Å²) in [5.74, 6) is -0.456. The molecular weight excluding hydrogens is 581 g/mol. The molecule has 0 bridgehead atoms. The topological polar surface area (TPSA) is 86.8 Å². The summed E-state index contributed by atoms with van der Waals surface area (Å²) < 4.78 is 28.8. The molecule has 220 valence electrons.